The molecule has 4 nitrogen and oxygen atoms in total. The summed E-state index contributed by atoms with van der Waals surface area (Å²) in [6.45, 7) is 0.871. The number of nitrogens with one attached hydrogen (secondary N) is 1. The van der Waals surface area contributed by atoms with E-state index in [1.54, 1.807) is 17.4 Å². The molecular formula is C16H15NO3S. The lowest BCUT2D eigenvalue weighted by Gasteiger charge is -2.04. The lowest BCUT2D eigenvalue weighted by Crippen LogP contribution is -2.23. The van der Waals surface area contributed by atoms with Gasteiger partial charge in [0.2, 0.25) is 12.7 Å². The zero-order valence-corrected chi connectivity index (χ0v) is 12.2. The number of rotatable bonds is 5. The van der Waals surface area contributed by atoms with Crippen LogP contribution >= 0.6 is 11.3 Å². The quantitative estimate of drug-likeness (QED) is 0.864. The molecule has 1 aromatic carbocycles. The van der Waals surface area contributed by atoms with Crippen LogP contribution in [0, 0.1) is 0 Å². The molecule has 3 rings (SSSR count). The monoisotopic (exact) mass is 301 g/mol. The average Bonchev–Trinajstić information content (AvgIpc) is 3.16. The third-order valence-corrected chi connectivity index (χ3v) is 3.93. The van der Waals surface area contributed by atoms with Crippen LogP contribution in [0.15, 0.2) is 41.8 Å². The van der Waals surface area contributed by atoms with Crippen molar-refractivity contribution in [3.8, 4) is 11.5 Å². The maximum atomic E-state index is 11.7. The van der Waals surface area contributed by atoms with Gasteiger partial charge in [0.1, 0.15) is 0 Å². The van der Waals surface area contributed by atoms with E-state index in [9.17, 15) is 4.79 Å². The molecule has 0 atom stereocenters. The molecule has 0 aliphatic carbocycles. The highest BCUT2D eigenvalue weighted by Crippen LogP contribution is 2.32. The van der Waals surface area contributed by atoms with E-state index >= 15 is 0 Å². The van der Waals surface area contributed by atoms with E-state index in [4.69, 9.17) is 9.47 Å². The Hall–Kier alpha value is -2.27. The van der Waals surface area contributed by atoms with Gasteiger partial charge < -0.3 is 14.8 Å². The van der Waals surface area contributed by atoms with Gasteiger partial charge in [-0.05, 0) is 41.6 Å². The second-order valence-electron chi connectivity index (χ2n) is 4.58. The summed E-state index contributed by atoms with van der Waals surface area (Å²) in [5.41, 5.74) is 1.11. The summed E-state index contributed by atoms with van der Waals surface area (Å²) < 4.78 is 10.6. The molecule has 2 aromatic rings. The second-order valence-corrected chi connectivity index (χ2v) is 5.56. The van der Waals surface area contributed by atoms with Crippen LogP contribution in [0.1, 0.15) is 10.4 Å². The summed E-state index contributed by atoms with van der Waals surface area (Å²) in [6.07, 6.45) is 4.14. The van der Waals surface area contributed by atoms with E-state index in [2.05, 4.69) is 5.32 Å². The molecule has 0 bridgehead atoms. The Kier molecular flexibility index (Phi) is 4.21. The Morgan fingerprint density at radius 2 is 2.19 bits per heavy atom. The molecule has 2 heterocycles. The molecule has 1 amide bonds. The van der Waals surface area contributed by atoms with Gasteiger partial charge in [-0.1, -0.05) is 12.1 Å². The molecule has 1 N–H and O–H groups in total. The second kappa shape index (κ2) is 6.45. The van der Waals surface area contributed by atoms with Crippen molar-refractivity contribution in [2.45, 2.75) is 6.42 Å². The number of hydrogen-bond donors (Lipinski definition) is 1. The maximum Gasteiger partial charge on any atom is 0.244 e. The van der Waals surface area contributed by atoms with Gasteiger partial charge in [0.15, 0.2) is 11.5 Å². The van der Waals surface area contributed by atoms with Gasteiger partial charge in [-0.25, -0.2) is 0 Å². The molecule has 21 heavy (non-hydrogen) atoms. The first-order chi connectivity index (χ1) is 10.3. The molecule has 0 radical (unpaired) electrons. The normalized spacial score (nSPS) is 12.8. The van der Waals surface area contributed by atoms with E-state index in [1.807, 2.05) is 41.8 Å². The van der Waals surface area contributed by atoms with Crippen LogP contribution in [0.2, 0.25) is 0 Å². The maximum absolute atomic E-state index is 11.7. The Balaban J connectivity index is 1.46. The first-order valence-electron chi connectivity index (χ1n) is 6.69. The van der Waals surface area contributed by atoms with Crippen molar-refractivity contribution in [3.05, 3.63) is 52.2 Å². The van der Waals surface area contributed by atoms with Gasteiger partial charge in [0.25, 0.3) is 0 Å². The van der Waals surface area contributed by atoms with Crippen LogP contribution in [0.25, 0.3) is 6.08 Å². The Bertz CT molecular complexity index is 650. The Morgan fingerprint density at radius 1 is 1.29 bits per heavy atom. The van der Waals surface area contributed by atoms with E-state index in [0.29, 0.717) is 6.54 Å². The minimum absolute atomic E-state index is 0.0795. The minimum atomic E-state index is -0.0795. The largest absolute Gasteiger partial charge is 0.454 e. The molecule has 1 aliphatic rings. The summed E-state index contributed by atoms with van der Waals surface area (Å²) in [5.74, 6) is 1.47. The van der Waals surface area contributed by atoms with E-state index in [1.165, 1.54) is 0 Å². The molecule has 0 saturated carbocycles. The highest BCUT2D eigenvalue weighted by atomic mass is 32.1. The molecule has 0 saturated heterocycles. The van der Waals surface area contributed by atoms with E-state index < -0.39 is 0 Å². The first-order valence-corrected chi connectivity index (χ1v) is 7.57. The molecule has 1 aliphatic heterocycles. The molecule has 5 heteroatoms. The number of benzene rings is 1. The number of carbonyl (C=O) groups is 1. The summed E-state index contributed by atoms with van der Waals surface area (Å²) in [4.78, 5) is 12.7. The lowest BCUT2D eigenvalue weighted by molar-refractivity contribution is -0.116. The van der Waals surface area contributed by atoms with Crippen molar-refractivity contribution >= 4 is 23.3 Å². The first kappa shape index (κ1) is 13.7. The standard InChI is InChI=1S/C16H15NO3S/c18-16(6-4-13-2-1-9-21-13)17-8-7-12-3-5-14-15(10-12)20-11-19-14/h1-6,9-10H,7-8,11H2,(H,17,18)/b6-4+. The summed E-state index contributed by atoms with van der Waals surface area (Å²) in [5, 5.41) is 4.85. The van der Waals surface area contributed by atoms with Crippen molar-refractivity contribution in [2.75, 3.05) is 13.3 Å². The van der Waals surface area contributed by atoms with Crippen LogP contribution in [0.5, 0.6) is 11.5 Å². The van der Waals surface area contributed by atoms with Crippen LogP contribution in [-0.4, -0.2) is 19.2 Å². The molecule has 0 spiro atoms. The summed E-state index contributed by atoms with van der Waals surface area (Å²) in [6, 6.07) is 9.77. The summed E-state index contributed by atoms with van der Waals surface area (Å²) in [7, 11) is 0. The average molecular weight is 301 g/mol. The molecular weight excluding hydrogens is 286 g/mol. The zero-order valence-electron chi connectivity index (χ0n) is 11.4. The minimum Gasteiger partial charge on any atom is -0.454 e. The van der Waals surface area contributed by atoms with Crippen molar-refractivity contribution in [2.24, 2.45) is 0 Å². The zero-order chi connectivity index (χ0) is 14.5. The van der Waals surface area contributed by atoms with Gasteiger partial charge in [0, 0.05) is 17.5 Å². The smallest absolute Gasteiger partial charge is 0.244 e. The fourth-order valence-electron chi connectivity index (χ4n) is 2.03. The predicted octanol–water partition coefficient (Wildman–Crippen LogP) is 2.85. The summed E-state index contributed by atoms with van der Waals surface area (Å²) >= 11 is 1.60. The van der Waals surface area contributed by atoms with Gasteiger partial charge in [0.05, 0.1) is 0 Å². The number of carbonyl (C=O) groups excluding carboxylic acids is 1. The number of ether oxygens (including phenoxy) is 2. The Morgan fingerprint density at radius 3 is 3.05 bits per heavy atom. The molecule has 1 aromatic heterocycles. The van der Waals surface area contributed by atoms with Gasteiger partial charge >= 0.3 is 0 Å². The van der Waals surface area contributed by atoms with Gasteiger partial charge in [-0.3, -0.25) is 4.79 Å². The third-order valence-electron chi connectivity index (χ3n) is 3.09. The van der Waals surface area contributed by atoms with Crippen LogP contribution in [-0.2, 0) is 11.2 Å². The van der Waals surface area contributed by atoms with Crippen molar-refractivity contribution in [1.29, 1.82) is 0 Å². The van der Waals surface area contributed by atoms with E-state index in [0.717, 1.165) is 28.4 Å². The van der Waals surface area contributed by atoms with Crippen LogP contribution in [0.3, 0.4) is 0 Å². The lowest BCUT2D eigenvalue weighted by atomic mass is 10.1. The number of fused-ring (bicyclic) bond motifs is 1. The highest BCUT2D eigenvalue weighted by molar-refractivity contribution is 7.10. The predicted molar refractivity (Wildman–Crippen MR) is 82.6 cm³/mol. The topological polar surface area (TPSA) is 47.6 Å². The molecule has 108 valence electrons. The van der Waals surface area contributed by atoms with Crippen molar-refractivity contribution < 1.29 is 14.3 Å². The van der Waals surface area contributed by atoms with Crippen molar-refractivity contribution in [1.82, 2.24) is 5.32 Å². The van der Waals surface area contributed by atoms with Gasteiger partial charge in [-0.15, -0.1) is 11.3 Å². The fourth-order valence-corrected chi connectivity index (χ4v) is 2.65. The highest BCUT2D eigenvalue weighted by Gasteiger charge is 2.12. The number of hydrogen-bond acceptors (Lipinski definition) is 4. The molecule has 0 unspecified atom stereocenters. The third kappa shape index (κ3) is 3.64. The van der Waals surface area contributed by atoms with Gasteiger partial charge in [-0.2, -0.15) is 0 Å². The Labute approximate surface area is 127 Å². The van der Waals surface area contributed by atoms with Crippen LogP contribution < -0.4 is 14.8 Å². The van der Waals surface area contributed by atoms with E-state index in [-0.39, 0.29) is 12.7 Å². The molecule has 0 fully saturated rings. The fraction of sp³-hybridized carbons (Fsp3) is 0.188. The SMILES string of the molecule is O=C(/C=C/c1cccs1)NCCc1ccc2c(c1)OCO2. The van der Waals surface area contributed by atoms with Crippen LogP contribution in [0.4, 0.5) is 0 Å². The number of thiophene rings is 1. The number of amides is 1. The van der Waals surface area contributed by atoms with Crippen molar-refractivity contribution in [3.63, 3.8) is 0 Å².